The van der Waals surface area contributed by atoms with Crippen molar-refractivity contribution in [3.05, 3.63) is 77.7 Å². The number of para-hydroxylation sites is 1. The van der Waals surface area contributed by atoms with Crippen LogP contribution in [0.25, 0.3) is 21.5 Å². The van der Waals surface area contributed by atoms with Crippen LogP contribution in [0.4, 0.5) is 0 Å². The molecule has 1 N–H and O–H groups in total. The van der Waals surface area contributed by atoms with Crippen LogP contribution in [0.3, 0.4) is 0 Å². The molecule has 0 atom stereocenters. The van der Waals surface area contributed by atoms with Crippen LogP contribution in [0, 0.1) is 6.10 Å². The number of pyridine rings is 1. The van der Waals surface area contributed by atoms with E-state index in [1.54, 1.807) is 42.0 Å². The molecule has 3 aromatic heterocycles. The van der Waals surface area contributed by atoms with Gasteiger partial charge in [-0.25, -0.2) is 0 Å². The van der Waals surface area contributed by atoms with Crippen LogP contribution in [0.15, 0.2) is 60.4 Å². The predicted octanol–water partition coefficient (Wildman–Crippen LogP) is 2.47. The van der Waals surface area contributed by atoms with Crippen molar-refractivity contribution in [2.45, 2.75) is 0 Å². The average Bonchev–Trinajstić information content (AvgIpc) is 3.27. The third-order valence-electron chi connectivity index (χ3n) is 3.95. The van der Waals surface area contributed by atoms with Gasteiger partial charge in [-0.15, -0.1) is 29.1 Å². The van der Waals surface area contributed by atoms with Gasteiger partial charge in [-0.2, -0.15) is 18.5 Å². The summed E-state index contributed by atoms with van der Waals surface area (Å²) in [5.74, 6) is 0. The van der Waals surface area contributed by atoms with Crippen molar-refractivity contribution in [2.75, 3.05) is 6.26 Å². The maximum absolute atomic E-state index is 12.1. The molecule has 0 fully saturated rings. The number of hydrogen-bond acceptors (Lipinski definition) is 5. The second kappa shape index (κ2) is 6.24. The zero-order valence-corrected chi connectivity index (χ0v) is 15.3. The van der Waals surface area contributed by atoms with Gasteiger partial charge in [0.2, 0.25) is 5.01 Å². The highest BCUT2D eigenvalue weighted by Crippen LogP contribution is 2.31. The summed E-state index contributed by atoms with van der Waals surface area (Å²) in [5, 5.41) is 13.9. The molecule has 0 saturated carbocycles. The van der Waals surface area contributed by atoms with Crippen LogP contribution in [-0.2, 0) is 10.0 Å². The molecular formula is C18H14N3O3S2-. The van der Waals surface area contributed by atoms with E-state index in [2.05, 4.69) is 9.97 Å². The summed E-state index contributed by atoms with van der Waals surface area (Å²) in [6.07, 6.45) is 5.88. The molecule has 0 aliphatic heterocycles. The third-order valence-corrected chi connectivity index (χ3v) is 5.85. The van der Waals surface area contributed by atoms with Crippen molar-refractivity contribution in [3.63, 3.8) is 0 Å². The van der Waals surface area contributed by atoms with E-state index in [9.17, 15) is 13.5 Å². The lowest BCUT2D eigenvalue weighted by molar-refractivity contribution is -0.477. The van der Waals surface area contributed by atoms with E-state index in [1.165, 1.54) is 21.5 Å². The van der Waals surface area contributed by atoms with E-state index in [1.807, 2.05) is 12.1 Å². The molecule has 0 spiro atoms. The van der Waals surface area contributed by atoms with E-state index < -0.39 is 10.0 Å². The van der Waals surface area contributed by atoms with Gasteiger partial charge in [0.15, 0.2) is 11.3 Å². The fourth-order valence-electron chi connectivity index (χ4n) is 2.76. The smallest absolute Gasteiger partial charge is 0.353 e. The third kappa shape index (κ3) is 2.88. The first-order valence-corrected chi connectivity index (χ1v) is 10.4. The molecule has 1 aromatic carbocycles. The summed E-state index contributed by atoms with van der Waals surface area (Å²) in [4.78, 5) is 8.54. The number of nitrogens with zero attached hydrogens (tertiary/aromatic N) is 3. The first kappa shape index (κ1) is 16.8. The van der Waals surface area contributed by atoms with E-state index in [-0.39, 0.29) is 6.10 Å². The first-order valence-electron chi connectivity index (χ1n) is 7.68. The van der Waals surface area contributed by atoms with Gasteiger partial charge in [0.25, 0.3) is 0 Å². The van der Waals surface area contributed by atoms with Crippen LogP contribution < -0.4 is 3.97 Å². The SMILES string of the molecule is CS(=O)(=O)[n+]1cc([C-](O)c2c[s+][c-](-c3cccnc3)n2)c2cccc[c-]21. The monoisotopic (exact) mass is 384 g/mol. The Kier molecular flexibility index (Phi) is 4.03. The summed E-state index contributed by atoms with van der Waals surface area (Å²) in [5.41, 5.74) is 2.19. The van der Waals surface area contributed by atoms with Crippen LogP contribution in [0.1, 0.15) is 11.3 Å². The molecule has 8 heteroatoms. The van der Waals surface area contributed by atoms with Crippen molar-refractivity contribution in [1.29, 1.82) is 0 Å². The lowest BCUT2D eigenvalue weighted by Gasteiger charge is -2.15. The highest BCUT2D eigenvalue weighted by molar-refractivity contribution is 7.84. The first-order chi connectivity index (χ1) is 12.4. The Hall–Kier alpha value is -2.68. The Morgan fingerprint density at radius 2 is 2.12 bits per heavy atom. The molecule has 0 aliphatic rings. The minimum absolute atomic E-state index is 0.0602. The zero-order valence-electron chi connectivity index (χ0n) is 13.7. The number of benzene rings is 1. The Morgan fingerprint density at radius 3 is 2.85 bits per heavy atom. The van der Waals surface area contributed by atoms with Crippen molar-refractivity contribution in [3.8, 4) is 10.6 Å². The normalized spacial score (nSPS) is 11.8. The second-order valence-electron chi connectivity index (χ2n) is 5.75. The number of fused-ring (bicyclic) bond motifs is 1. The van der Waals surface area contributed by atoms with Crippen LogP contribution in [-0.4, -0.2) is 29.7 Å². The number of aliphatic hydroxyl groups is 1. The fraction of sp³-hybridized carbons (Fsp3) is 0.0556. The van der Waals surface area contributed by atoms with Gasteiger partial charge in [0, 0.05) is 11.9 Å². The standard InChI is InChI=1S/C18H14N3O3S2/c1-26(23,24)21-10-14(13-6-2-3-7-16(13)21)17(22)15-11-25-18(20-15)12-5-4-8-19-9-12/h2-11,22H,1H3/q-1. The van der Waals surface area contributed by atoms with Crippen LogP contribution >= 0.6 is 11.3 Å². The number of aliphatic hydroxyl groups excluding tert-OH is 1. The predicted molar refractivity (Wildman–Crippen MR) is 98.7 cm³/mol. The molecule has 4 aromatic rings. The number of aromatic nitrogens is 3. The second-order valence-corrected chi connectivity index (χ2v) is 8.46. The van der Waals surface area contributed by atoms with Crippen LogP contribution in [0.2, 0.25) is 0 Å². The Balaban J connectivity index is 1.80. The Morgan fingerprint density at radius 1 is 1.27 bits per heavy atom. The molecule has 6 nitrogen and oxygen atoms in total. The maximum atomic E-state index is 12.1. The van der Waals surface area contributed by atoms with Gasteiger partial charge in [-0.3, -0.25) is 4.98 Å². The lowest BCUT2D eigenvalue weighted by Crippen LogP contribution is -2.40. The molecule has 0 aliphatic carbocycles. The van der Waals surface area contributed by atoms with Gasteiger partial charge >= 0.3 is 10.0 Å². The fourth-order valence-corrected chi connectivity index (χ4v) is 4.36. The quantitative estimate of drug-likeness (QED) is 0.332. The van der Waals surface area contributed by atoms with Gasteiger partial charge in [-0.1, -0.05) is 12.1 Å². The summed E-state index contributed by atoms with van der Waals surface area (Å²) in [6.45, 7) is 0. The molecule has 0 amide bonds. The summed E-state index contributed by atoms with van der Waals surface area (Å²) >= 11 is 1.39. The molecule has 4 rings (SSSR count). The minimum atomic E-state index is -3.50. The molecule has 132 valence electrons. The minimum Gasteiger partial charge on any atom is -0.420 e. The van der Waals surface area contributed by atoms with E-state index >= 15 is 0 Å². The average molecular weight is 384 g/mol. The van der Waals surface area contributed by atoms with Crippen molar-refractivity contribution < 1.29 is 17.5 Å². The maximum Gasteiger partial charge on any atom is 0.353 e. The highest BCUT2D eigenvalue weighted by Gasteiger charge is 2.20. The zero-order chi connectivity index (χ0) is 18.3. The van der Waals surface area contributed by atoms with Gasteiger partial charge in [-0.05, 0) is 17.9 Å². The largest absolute Gasteiger partial charge is 0.420 e. The van der Waals surface area contributed by atoms with Gasteiger partial charge < -0.3 is 10.1 Å². The van der Waals surface area contributed by atoms with Gasteiger partial charge in [0.1, 0.15) is 10.9 Å². The highest BCUT2D eigenvalue weighted by atomic mass is 32.2. The molecule has 26 heavy (non-hydrogen) atoms. The number of rotatable bonds is 4. The van der Waals surface area contributed by atoms with Gasteiger partial charge in [0.05, 0.1) is 12.5 Å². The van der Waals surface area contributed by atoms with Crippen LogP contribution in [0.5, 0.6) is 0 Å². The van der Waals surface area contributed by atoms with E-state index in [4.69, 9.17) is 0 Å². The topological polar surface area (TPSA) is 84.0 Å². The van der Waals surface area contributed by atoms with Crippen molar-refractivity contribution >= 4 is 32.3 Å². The van der Waals surface area contributed by atoms with E-state index in [0.29, 0.717) is 22.2 Å². The number of thiazole rings is 1. The summed E-state index contributed by atoms with van der Waals surface area (Å²) in [6, 6.07) is 10.7. The van der Waals surface area contributed by atoms with Crippen molar-refractivity contribution in [2.24, 2.45) is 0 Å². The van der Waals surface area contributed by atoms with Crippen molar-refractivity contribution in [1.82, 2.24) is 9.97 Å². The van der Waals surface area contributed by atoms with E-state index in [0.717, 1.165) is 16.8 Å². The molecule has 0 bridgehead atoms. The molecule has 0 unspecified atom stereocenters. The molecular weight excluding hydrogens is 370 g/mol. The Bertz CT molecular complexity index is 1180. The summed E-state index contributed by atoms with van der Waals surface area (Å²) < 4.78 is 25.3. The Labute approximate surface area is 154 Å². The molecule has 0 saturated heterocycles. The molecule has 0 radical (unpaired) electrons. The summed E-state index contributed by atoms with van der Waals surface area (Å²) in [7, 11) is -3.50. The lowest BCUT2D eigenvalue weighted by atomic mass is 10.1. The number of hydrogen-bond donors (Lipinski definition) is 1. The molecule has 3 heterocycles.